The van der Waals surface area contributed by atoms with E-state index in [0.29, 0.717) is 6.04 Å². The smallest absolute Gasteiger partial charge is 0.0767 e. The van der Waals surface area contributed by atoms with Crippen LogP contribution in [0.2, 0.25) is 0 Å². The van der Waals surface area contributed by atoms with Crippen molar-refractivity contribution < 1.29 is 4.74 Å². The second-order valence-corrected chi connectivity index (χ2v) is 5.23. The summed E-state index contributed by atoms with van der Waals surface area (Å²) in [6.07, 6.45) is 5.38. The SMILES string of the molecule is CCC(OCCC1CC1)C(NC)c1ccccc1. The molecule has 0 saturated heterocycles. The van der Waals surface area contributed by atoms with Crippen LogP contribution in [0.3, 0.4) is 0 Å². The van der Waals surface area contributed by atoms with Gasteiger partial charge in [0.2, 0.25) is 0 Å². The topological polar surface area (TPSA) is 21.3 Å². The van der Waals surface area contributed by atoms with Crippen molar-refractivity contribution in [3.63, 3.8) is 0 Å². The van der Waals surface area contributed by atoms with Crippen molar-refractivity contribution in [2.24, 2.45) is 5.92 Å². The fourth-order valence-corrected chi connectivity index (χ4v) is 2.47. The quantitative estimate of drug-likeness (QED) is 0.758. The van der Waals surface area contributed by atoms with E-state index in [1.165, 1.54) is 24.8 Å². The lowest BCUT2D eigenvalue weighted by Crippen LogP contribution is -2.31. The van der Waals surface area contributed by atoms with Gasteiger partial charge in [-0.3, -0.25) is 0 Å². The van der Waals surface area contributed by atoms with Gasteiger partial charge in [-0.1, -0.05) is 50.1 Å². The number of ether oxygens (including phenoxy) is 1. The summed E-state index contributed by atoms with van der Waals surface area (Å²) in [7, 11) is 2.02. The molecular formula is C16H25NO. The normalized spacial score (nSPS) is 18.6. The van der Waals surface area contributed by atoms with E-state index in [1.54, 1.807) is 0 Å². The van der Waals surface area contributed by atoms with Gasteiger partial charge in [0.15, 0.2) is 0 Å². The molecule has 2 heteroatoms. The second-order valence-electron chi connectivity index (χ2n) is 5.23. The van der Waals surface area contributed by atoms with Crippen molar-refractivity contribution in [2.45, 2.75) is 44.8 Å². The van der Waals surface area contributed by atoms with E-state index in [2.05, 4.69) is 42.6 Å². The van der Waals surface area contributed by atoms with Crippen LogP contribution in [0.1, 0.15) is 44.2 Å². The summed E-state index contributed by atoms with van der Waals surface area (Å²) < 4.78 is 6.09. The standard InChI is InChI=1S/C16H25NO/c1-3-15(18-12-11-13-9-10-13)16(17-2)14-7-5-4-6-8-14/h4-8,13,15-17H,3,9-12H2,1-2H3. The number of nitrogens with one attached hydrogen (secondary N) is 1. The van der Waals surface area contributed by atoms with Crippen LogP contribution in [0, 0.1) is 5.92 Å². The van der Waals surface area contributed by atoms with Crippen LogP contribution >= 0.6 is 0 Å². The predicted octanol–water partition coefficient (Wildman–Crippen LogP) is 3.54. The molecule has 2 unspecified atom stereocenters. The van der Waals surface area contributed by atoms with Crippen molar-refractivity contribution in [3.05, 3.63) is 35.9 Å². The third-order valence-corrected chi connectivity index (χ3v) is 3.80. The Morgan fingerprint density at radius 3 is 2.56 bits per heavy atom. The van der Waals surface area contributed by atoms with Gasteiger partial charge < -0.3 is 10.1 Å². The third kappa shape index (κ3) is 3.82. The molecule has 1 aromatic carbocycles. The van der Waals surface area contributed by atoms with Gasteiger partial charge in [-0.2, -0.15) is 0 Å². The first-order chi connectivity index (χ1) is 8.85. The summed E-state index contributed by atoms with van der Waals surface area (Å²) in [4.78, 5) is 0. The molecule has 0 bridgehead atoms. The highest BCUT2D eigenvalue weighted by molar-refractivity contribution is 5.20. The molecule has 1 aromatic rings. The van der Waals surface area contributed by atoms with Crippen molar-refractivity contribution >= 4 is 0 Å². The number of benzene rings is 1. The van der Waals surface area contributed by atoms with Gasteiger partial charge in [0.1, 0.15) is 0 Å². The van der Waals surface area contributed by atoms with E-state index in [9.17, 15) is 0 Å². The fraction of sp³-hybridized carbons (Fsp3) is 0.625. The maximum absolute atomic E-state index is 6.09. The monoisotopic (exact) mass is 247 g/mol. The molecule has 100 valence electrons. The van der Waals surface area contributed by atoms with Crippen molar-refractivity contribution in [2.75, 3.05) is 13.7 Å². The van der Waals surface area contributed by atoms with E-state index < -0.39 is 0 Å². The van der Waals surface area contributed by atoms with Gasteiger partial charge in [-0.15, -0.1) is 0 Å². The Bertz CT molecular complexity index is 334. The van der Waals surface area contributed by atoms with Gasteiger partial charge in [0.25, 0.3) is 0 Å². The van der Waals surface area contributed by atoms with Crippen LogP contribution in [-0.2, 0) is 4.74 Å². The third-order valence-electron chi connectivity index (χ3n) is 3.80. The average Bonchev–Trinajstić information content (AvgIpc) is 3.23. The van der Waals surface area contributed by atoms with Crippen LogP contribution in [-0.4, -0.2) is 19.8 Å². The van der Waals surface area contributed by atoms with E-state index in [-0.39, 0.29) is 6.10 Å². The predicted molar refractivity (Wildman–Crippen MR) is 75.6 cm³/mol. The molecule has 0 aromatic heterocycles. The highest BCUT2D eigenvalue weighted by Gasteiger charge is 2.24. The zero-order valence-electron chi connectivity index (χ0n) is 11.6. The largest absolute Gasteiger partial charge is 0.376 e. The minimum absolute atomic E-state index is 0.274. The summed E-state index contributed by atoms with van der Waals surface area (Å²) in [5.41, 5.74) is 1.32. The lowest BCUT2D eigenvalue weighted by Gasteiger charge is -2.26. The van der Waals surface area contributed by atoms with E-state index in [1.807, 2.05) is 7.05 Å². The highest BCUT2D eigenvalue weighted by atomic mass is 16.5. The van der Waals surface area contributed by atoms with E-state index in [4.69, 9.17) is 4.74 Å². The lowest BCUT2D eigenvalue weighted by molar-refractivity contribution is 0.0219. The van der Waals surface area contributed by atoms with Gasteiger partial charge in [0, 0.05) is 6.61 Å². The lowest BCUT2D eigenvalue weighted by atomic mass is 10.00. The summed E-state index contributed by atoms with van der Waals surface area (Å²) >= 11 is 0. The summed E-state index contributed by atoms with van der Waals surface area (Å²) in [6.45, 7) is 3.11. The molecule has 0 amide bonds. The molecule has 1 N–H and O–H groups in total. The molecule has 1 fully saturated rings. The molecule has 18 heavy (non-hydrogen) atoms. The molecule has 1 aliphatic rings. The molecule has 0 aliphatic heterocycles. The number of hydrogen-bond acceptors (Lipinski definition) is 2. The molecule has 2 atom stereocenters. The van der Waals surface area contributed by atoms with Crippen LogP contribution in [0.15, 0.2) is 30.3 Å². The minimum atomic E-state index is 0.274. The van der Waals surface area contributed by atoms with Crippen LogP contribution in [0.5, 0.6) is 0 Å². The zero-order valence-corrected chi connectivity index (χ0v) is 11.6. The van der Waals surface area contributed by atoms with E-state index >= 15 is 0 Å². The first-order valence-electron chi connectivity index (χ1n) is 7.19. The zero-order chi connectivity index (χ0) is 12.8. The van der Waals surface area contributed by atoms with Gasteiger partial charge in [0.05, 0.1) is 12.1 Å². The molecule has 1 saturated carbocycles. The maximum atomic E-state index is 6.09. The first kappa shape index (κ1) is 13.6. The van der Waals surface area contributed by atoms with Crippen LogP contribution in [0.25, 0.3) is 0 Å². The second kappa shape index (κ2) is 6.91. The summed E-state index contributed by atoms with van der Waals surface area (Å²) in [5, 5.41) is 3.40. The molecule has 2 rings (SSSR count). The molecule has 1 aliphatic carbocycles. The Labute approximate surface area is 111 Å². The van der Waals surface area contributed by atoms with E-state index in [0.717, 1.165) is 18.9 Å². The fourth-order valence-electron chi connectivity index (χ4n) is 2.47. The summed E-state index contributed by atoms with van der Waals surface area (Å²) in [6, 6.07) is 10.9. The van der Waals surface area contributed by atoms with Gasteiger partial charge in [-0.05, 0) is 31.4 Å². The number of likely N-dealkylation sites (N-methyl/N-ethyl adjacent to an activating group) is 1. The molecule has 2 nitrogen and oxygen atoms in total. The molecule has 0 heterocycles. The molecular weight excluding hydrogens is 222 g/mol. The Balaban J connectivity index is 1.90. The Hall–Kier alpha value is -0.860. The summed E-state index contributed by atoms with van der Waals surface area (Å²) in [5.74, 6) is 0.951. The van der Waals surface area contributed by atoms with Crippen molar-refractivity contribution in [1.82, 2.24) is 5.32 Å². The van der Waals surface area contributed by atoms with Gasteiger partial charge in [-0.25, -0.2) is 0 Å². The minimum Gasteiger partial charge on any atom is -0.376 e. The number of hydrogen-bond donors (Lipinski definition) is 1. The highest BCUT2D eigenvalue weighted by Crippen LogP contribution is 2.32. The Kier molecular flexibility index (Phi) is 5.21. The van der Waals surface area contributed by atoms with Crippen molar-refractivity contribution in [3.8, 4) is 0 Å². The molecule has 0 radical (unpaired) electrons. The Morgan fingerprint density at radius 2 is 2.00 bits per heavy atom. The van der Waals surface area contributed by atoms with Crippen LogP contribution < -0.4 is 5.32 Å². The first-order valence-corrected chi connectivity index (χ1v) is 7.19. The van der Waals surface area contributed by atoms with Gasteiger partial charge >= 0.3 is 0 Å². The molecule has 0 spiro atoms. The number of rotatable bonds is 8. The van der Waals surface area contributed by atoms with Crippen LogP contribution in [0.4, 0.5) is 0 Å². The maximum Gasteiger partial charge on any atom is 0.0767 e. The Morgan fingerprint density at radius 1 is 1.28 bits per heavy atom. The van der Waals surface area contributed by atoms with Crippen molar-refractivity contribution in [1.29, 1.82) is 0 Å². The average molecular weight is 247 g/mol.